The quantitative estimate of drug-likeness (QED) is 0.386. The molecule has 1 amide bonds. The van der Waals surface area contributed by atoms with Crippen LogP contribution in [0.3, 0.4) is 0 Å². The number of carbonyl (C=O) groups is 1. The highest BCUT2D eigenvalue weighted by molar-refractivity contribution is 5.99. The number of likely N-dealkylation sites (N-methyl/N-ethyl adjacent to an activating group) is 1. The number of benzene rings is 2. The van der Waals surface area contributed by atoms with E-state index in [4.69, 9.17) is 0 Å². The van der Waals surface area contributed by atoms with Gasteiger partial charge in [-0.3, -0.25) is 9.59 Å². The number of nitrogens with zero attached hydrogens (tertiary/aromatic N) is 1. The van der Waals surface area contributed by atoms with Crippen molar-refractivity contribution in [3.8, 4) is 0 Å². The van der Waals surface area contributed by atoms with Gasteiger partial charge in [0.15, 0.2) is 11.6 Å². The van der Waals surface area contributed by atoms with Crippen LogP contribution in [0.1, 0.15) is 39.8 Å². The van der Waals surface area contributed by atoms with E-state index in [0.29, 0.717) is 11.3 Å². The summed E-state index contributed by atoms with van der Waals surface area (Å²) in [5.41, 5.74) is -0.426. The number of rotatable bonds is 3. The number of hydrogen-bond donors (Lipinski definition) is 3. The third kappa shape index (κ3) is 3.35. The smallest absolute Gasteiger partial charge is 0.270 e. The Bertz CT molecular complexity index is 1530. The fourth-order valence-corrected chi connectivity index (χ4v) is 4.55. The van der Waals surface area contributed by atoms with Gasteiger partial charge < -0.3 is 20.2 Å². The molecule has 34 heavy (non-hydrogen) atoms. The average Bonchev–Trinajstić information content (AvgIpc) is 3.22. The minimum atomic E-state index is -3.08. The molecule has 0 aliphatic carbocycles. The molecular weight excluding hydrogens is 459 g/mol. The van der Waals surface area contributed by atoms with Gasteiger partial charge in [0, 0.05) is 42.3 Å². The molecule has 0 bridgehead atoms. The lowest BCUT2D eigenvalue weighted by Gasteiger charge is -2.34. The van der Waals surface area contributed by atoms with Crippen LogP contribution in [0, 0.1) is 17.5 Å². The number of aromatic amines is 2. The highest BCUT2D eigenvalue weighted by Gasteiger charge is 2.31. The molecule has 0 spiro atoms. The van der Waals surface area contributed by atoms with E-state index in [-0.39, 0.29) is 40.5 Å². The van der Waals surface area contributed by atoms with Crippen molar-refractivity contribution in [1.29, 1.82) is 0 Å². The van der Waals surface area contributed by atoms with E-state index in [1.165, 1.54) is 18.0 Å². The summed E-state index contributed by atoms with van der Waals surface area (Å²) in [6.07, 6.45) is -3.08. The number of alkyl halides is 2. The largest absolute Gasteiger partial charge is 0.351 e. The van der Waals surface area contributed by atoms with Crippen LogP contribution in [-0.2, 0) is 6.54 Å². The van der Waals surface area contributed by atoms with Crippen molar-refractivity contribution in [2.45, 2.75) is 19.0 Å². The topological polar surface area (TPSA) is 81.0 Å². The molecule has 0 saturated carbocycles. The second kappa shape index (κ2) is 7.94. The molecule has 6 nitrogen and oxygen atoms in total. The van der Waals surface area contributed by atoms with Crippen LogP contribution in [0.5, 0.6) is 0 Å². The van der Waals surface area contributed by atoms with Crippen LogP contribution in [0.15, 0.2) is 35.1 Å². The molecule has 0 fully saturated rings. The van der Waals surface area contributed by atoms with Crippen LogP contribution in [0.2, 0.25) is 0 Å². The van der Waals surface area contributed by atoms with Crippen molar-refractivity contribution in [2.24, 2.45) is 0 Å². The molecule has 0 saturated heterocycles. The predicted molar refractivity (Wildman–Crippen MR) is 114 cm³/mol. The summed E-state index contributed by atoms with van der Waals surface area (Å²) in [4.78, 5) is 32.4. The van der Waals surface area contributed by atoms with Gasteiger partial charge in [-0.05, 0) is 35.7 Å². The molecule has 1 aliphatic rings. The molecule has 2 aromatic heterocycles. The van der Waals surface area contributed by atoms with Crippen molar-refractivity contribution in [2.75, 3.05) is 13.6 Å². The molecule has 1 atom stereocenters. The molecule has 3 heterocycles. The SMILES string of the molecule is CN(C(=O)c1cc2c(C(F)F)c(F)ccc2[nH]1)[C@@H]1CNCc2[nH]c(=O)c3cc(F)c(F)cc3c21. The zero-order valence-corrected chi connectivity index (χ0v) is 17.6. The molecule has 3 N–H and O–H groups in total. The number of carbonyl (C=O) groups excluding carboxylic acids is 1. The first-order chi connectivity index (χ1) is 16.2. The number of pyridine rings is 1. The van der Waals surface area contributed by atoms with E-state index < -0.39 is 46.9 Å². The zero-order valence-electron chi connectivity index (χ0n) is 17.6. The molecule has 0 unspecified atom stereocenters. The van der Waals surface area contributed by atoms with E-state index in [0.717, 1.165) is 24.3 Å². The number of amides is 1. The van der Waals surface area contributed by atoms with Gasteiger partial charge in [-0.25, -0.2) is 22.0 Å². The summed E-state index contributed by atoms with van der Waals surface area (Å²) in [5, 5.41) is 3.06. The number of aromatic nitrogens is 2. The lowest BCUT2D eigenvalue weighted by molar-refractivity contribution is 0.0718. The van der Waals surface area contributed by atoms with Crippen LogP contribution in [-0.4, -0.2) is 34.4 Å². The van der Waals surface area contributed by atoms with Crippen molar-refractivity contribution in [3.63, 3.8) is 0 Å². The minimum Gasteiger partial charge on any atom is -0.351 e. The second-order valence-electron chi connectivity index (χ2n) is 8.13. The van der Waals surface area contributed by atoms with Gasteiger partial charge in [0.2, 0.25) is 0 Å². The Morgan fingerprint density at radius 1 is 1.00 bits per heavy atom. The van der Waals surface area contributed by atoms with Gasteiger partial charge in [0.25, 0.3) is 17.9 Å². The summed E-state index contributed by atoms with van der Waals surface area (Å²) >= 11 is 0. The summed E-state index contributed by atoms with van der Waals surface area (Å²) in [5.74, 6) is -3.99. The first kappa shape index (κ1) is 22.1. The molecule has 5 rings (SSSR count). The van der Waals surface area contributed by atoms with E-state index in [9.17, 15) is 31.5 Å². The van der Waals surface area contributed by atoms with E-state index in [2.05, 4.69) is 15.3 Å². The van der Waals surface area contributed by atoms with E-state index in [1.54, 1.807) is 0 Å². The van der Waals surface area contributed by atoms with Crippen molar-refractivity contribution >= 4 is 27.6 Å². The van der Waals surface area contributed by atoms with Gasteiger partial charge in [-0.2, -0.15) is 0 Å². The summed E-state index contributed by atoms with van der Waals surface area (Å²) < 4.78 is 68.6. The zero-order chi connectivity index (χ0) is 24.3. The fraction of sp³-hybridized carbons (Fsp3) is 0.217. The molecule has 11 heteroatoms. The third-order valence-corrected chi connectivity index (χ3v) is 6.19. The molecular formula is C23H17F5N4O2. The van der Waals surface area contributed by atoms with Gasteiger partial charge >= 0.3 is 0 Å². The van der Waals surface area contributed by atoms with Crippen LogP contribution < -0.4 is 10.9 Å². The normalized spacial score (nSPS) is 15.8. The van der Waals surface area contributed by atoms with E-state index >= 15 is 0 Å². The van der Waals surface area contributed by atoms with Crippen LogP contribution in [0.25, 0.3) is 21.7 Å². The maximum absolute atomic E-state index is 14.1. The average molecular weight is 476 g/mol. The second-order valence-corrected chi connectivity index (χ2v) is 8.13. The Balaban J connectivity index is 1.61. The van der Waals surface area contributed by atoms with Crippen LogP contribution >= 0.6 is 0 Å². The molecule has 176 valence electrons. The third-order valence-electron chi connectivity index (χ3n) is 6.19. The first-order valence-corrected chi connectivity index (χ1v) is 10.3. The number of hydrogen-bond acceptors (Lipinski definition) is 3. The van der Waals surface area contributed by atoms with Gasteiger partial charge in [-0.15, -0.1) is 0 Å². The number of nitrogens with one attached hydrogen (secondary N) is 3. The van der Waals surface area contributed by atoms with Crippen molar-refractivity contribution in [1.82, 2.24) is 20.2 Å². The summed E-state index contributed by atoms with van der Waals surface area (Å²) in [6, 6.07) is 4.35. The Morgan fingerprint density at radius 3 is 2.41 bits per heavy atom. The summed E-state index contributed by atoms with van der Waals surface area (Å²) in [6.45, 7) is 0.466. The monoisotopic (exact) mass is 476 g/mol. The van der Waals surface area contributed by atoms with Gasteiger partial charge in [-0.1, -0.05) is 0 Å². The highest BCUT2D eigenvalue weighted by atomic mass is 19.3. The summed E-state index contributed by atoms with van der Waals surface area (Å²) in [7, 11) is 1.46. The standard InChI is InChI=1S/C23H17F5N4O2/c1-32(23(34)16-6-11-15(30-16)3-2-12(24)19(11)21(27)28)18-8-29-7-17-20(18)9-4-13(25)14(26)5-10(9)22(33)31-17/h2-6,18,21,29-30H,7-8H2,1H3,(H,31,33)/t18-/m1/s1. The van der Waals surface area contributed by atoms with Crippen LogP contribution in [0.4, 0.5) is 22.0 Å². The van der Waals surface area contributed by atoms with Gasteiger partial charge in [0.1, 0.15) is 11.5 Å². The lowest BCUT2D eigenvalue weighted by Crippen LogP contribution is -2.42. The van der Waals surface area contributed by atoms with E-state index in [1.807, 2.05) is 0 Å². The maximum Gasteiger partial charge on any atom is 0.270 e. The molecule has 2 aromatic carbocycles. The Morgan fingerprint density at radius 2 is 1.71 bits per heavy atom. The minimum absolute atomic E-state index is 0.0527. The maximum atomic E-state index is 14.1. The lowest BCUT2D eigenvalue weighted by atomic mass is 9.93. The number of halogens is 5. The number of fused-ring (bicyclic) bond motifs is 4. The highest BCUT2D eigenvalue weighted by Crippen LogP contribution is 2.34. The number of H-pyrrole nitrogens is 2. The fourth-order valence-electron chi connectivity index (χ4n) is 4.55. The molecule has 0 radical (unpaired) electrons. The Kier molecular flexibility index (Phi) is 5.16. The van der Waals surface area contributed by atoms with Crippen molar-refractivity contribution in [3.05, 3.63) is 80.7 Å². The Hall–Kier alpha value is -3.73. The van der Waals surface area contributed by atoms with Gasteiger partial charge in [0.05, 0.1) is 17.0 Å². The van der Waals surface area contributed by atoms with Crippen molar-refractivity contribution < 1.29 is 26.7 Å². The molecule has 1 aliphatic heterocycles. The molecule has 4 aromatic rings. The first-order valence-electron chi connectivity index (χ1n) is 10.3. The Labute approximate surface area is 188 Å². The predicted octanol–water partition coefficient (Wildman–Crippen LogP) is 4.28.